The zero-order valence-corrected chi connectivity index (χ0v) is 15.0. The molecule has 1 aliphatic carbocycles. The van der Waals surface area contributed by atoms with Crippen molar-refractivity contribution >= 4 is 11.9 Å². The number of hydrogen-bond acceptors (Lipinski definition) is 3. The van der Waals surface area contributed by atoms with Crippen LogP contribution in [0.15, 0.2) is 42.5 Å². The van der Waals surface area contributed by atoms with E-state index >= 15 is 0 Å². The molecule has 0 aliphatic heterocycles. The topological polar surface area (TPSA) is 63.6 Å². The lowest BCUT2D eigenvalue weighted by atomic mass is 9.98. The Balaban J connectivity index is 1.78. The summed E-state index contributed by atoms with van der Waals surface area (Å²) in [5.74, 6) is -1.43. The summed E-state index contributed by atoms with van der Waals surface area (Å²) in [6, 6.07) is 14.7. The Morgan fingerprint density at radius 1 is 1.08 bits per heavy atom. The number of carbonyl (C=O) groups is 2. The van der Waals surface area contributed by atoms with E-state index in [4.69, 9.17) is 9.84 Å². The highest BCUT2D eigenvalue weighted by Crippen LogP contribution is 2.38. The van der Waals surface area contributed by atoms with Gasteiger partial charge in [-0.15, -0.1) is 0 Å². The molecule has 0 bridgehead atoms. The van der Waals surface area contributed by atoms with Gasteiger partial charge in [-0.25, -0.2) is 0 Å². The van der Waals surface area contributed by atoms with E-state index in [2.05, 4.69) is 43.3 Å². The van der Waals surface area contributed by atoms with Crippen molar-refractivity contribution in [3.05, 3.63) is 59.2 Å². The number of aliphatic carboxylic acids is 1. The fraction of sp³-hybridized carbons (Fsp3) is 0.364. The summed E-state index contributed by atoms with van der Waals surface area (Å²) in [5.41, 5.74) is 6.09. The van der Waals surface area contributed by atoms with Crippen molar-refractivity contribution < 1.29 is 19.4 Å². The van der Waals surface area contributed by atoms with Crippen LogP contribution in [0.5, 0.6) is 0 Å². The highest BCUT2D eigenvalue weighted by molar-refractivity contribution is 5.78. The lowest BCUT2D eigenvalue weighted by molar-refractivity contribution is -0.152. The SMILES string of the molecule is CCCCC(OC(=O)CCC(=O)O)c1ccc2c(c1)Cc1ccccc1-2. The van der Waals surface area contributed by atoms with Crippen molar-refractivity contribution in [3.8, 4) is 11.1 Å². The van der Waals surface area contributed by atoms with Gasteiger partial charge in [0.25, 0.3) is 0 Å². The van der Waals surface area contributed by atoms with Crippen LogP contribution in [0.2, 0.25) is 0 Å². The van der Waals surface area contributed by atoms with Crippen molar-refractivity contribution in [1.82, 2.24) is 0 Å². The Morgan fingerprint density at radius 2 is 1.85 bits per heavy atom. The summed E-state index contributed by atoms with van der Waals surface area (Å²) in [4.78, 5) is 22.7. The van der Waals surface area contributed by atoms with E-state index in [0.717, 1.165) is 31.2 Å². The molecule has 0 radical (unpaired) electrons. The third-order valence-electron chi connectivity index (χ3n) is 4.83. The first kappa shape index (κ1) is 18.2. The second-order valence-corrected chi connectivity index (χ2v) is 6.76. The normalized spacial score (nSPS) is 13.0. The molecule has 0 saturated heterocycles. The quantitative estimate of drug-likeness (QED) is 0.586. The minimum absolute atomic E-state index is 0.0889. The average molecular weight is 352 g/mol. The minimum atomic E-state index is -0.984. The van der Waals surface area contributed by atoms with Crippen molar-refractivity contribution in [2.45, 2.75) is 51.6 Å². The van der Waals surface area contributed by atoms with E-state index in [1.165, 1.54) is 22.3 Å². The Kier molecular flexibility index (Phi) is 5.71. The zero-order valence-electron chi connectivity index (χ0n) is 15.0. The Morgan fingerprint density at radius 3 is 2.62 bits per heavy atom. The van der Waals surface area contributed by atoms with Gasteiger partial charge in [0.05, 0.1) is 12.8 Å². The van der Waals surface area contributed by atoms with Gasteiger partial charge in [-0.3, -0.25) is 9.59 Å². The van der Waals surface area contributed by atoms with Gasteiger partial charge in [0, 0.05) is 0 Å². The van der Waals surface area contributed by atoms with Crippen LogP contribution < -0.4 is 0 Å². The van der Waals surface area contributed by atoms with Gasteiger partial charge in [-0.05, 0) is 47.1 Å². The monoisotopic (exact) mass is 352 g/mol. The lowest BCUT2D eigenvalue weighted by Crippen LogP contribution is -2.13. The number of fused-ring (bicyclic) bond motifs is 3. The average Bonchev–Trinajstić information content (AvgIpc) is 3.01. The molecule has 26 heavy (non-hydrogen) atoms. The fourth-order valence-corrected chi connectivity index (χ4v) is 3.48. The first-order valence-corrected chi connectivity index (χ1v) is 9.21. The standard InChI is InChI=1S/C22H24O4/c1-2-3-8-20(26-22(25)12-11-21(23)24)16-9-10-19-17(14-16)13-15-6-4-5-7-18(15)19/h4-7,9-10,14,20H,2-3,8,11-13H2,1H3,(H,23,24). The summed E-state index contributed by atoms with van der Waals surface area (Å²) in [5, 5.41) is 8.74. The van der Waals surface area contributed by atoms with Crippen LogP contribution >= 0.6 is 0 Å². The molecule has 3 rings (SSSR count). The van der Waals surface area contributed by atoms with Crippen LogP contribution in [-0.4, -0.2) is 17.0 Å². The highest BCUT2D eigenvalue weighted by Gasteiger charge is 2.22. The van der Waals surface area contributed by atoms with Gasteiger partial charge >= 0.3 is 11.9 Å². The van der Waals surface area contributed by atoms with Crippen LogP contribution in [0.25, 0.3) is 11.1 Å². The molecule has 0 amide bonds. The molecular formula is C22H24O4. The van der Waals surface area contributed by atoms with Gasteiger partial charge in [0.2, 0.25) is 0 Å². The Labute approximate surface area is 153 Å². The molecule has 0 spiro atoms. The maximum Gasteiger partial charge on any atom is 0.306 e. The smallest absolute Gasteiger partial charge is 0.306 e. The van der Waals surface area contributed by atoms with E-state index in [1.807, 2.05) is 6.07 Å². The Bertz CT molecular complexity index is 810. The van der Waals surface area contributed by atoms with Gasteiger partial charge in [-0.2, -0.15) is 0 Å². The number of rotatable bonds is 8. The number of carboxylic acids is 1. The molecule has 0 aromatic heterocycles. The summed E-state index contributed by atoms with van der Waals surface area (Å²) in [7, 11) is 0. The van der Waals surface area contributed by atoms with Gasteiger partial charge < -0.3 is 9.84 Å². The number of carboxylic acid groups (broad SMARTS) is 1. The number of hydrogen-bond donors (Lipinski definition) is 1. The van der Waals surface area contributed by atoms with E-state index in [1.54, 1.807) is 0 Å². The number of esters is 1. The molecule has 4 heteroatoms. The van der Waals surface area contributed by atoms with Crippen LogP contribution in [0.1, 0.15) is 61.8 Å². The fourth-order valence-electron chi connectivity index (χ4n) is 3.48. The zero-order chi connectivity index (χ0) is 18.5. The van der Waals surface area contributed by atoms with Crippen molar-refractivity contribution in [1.29, 1.82) is 0 Å². The maximum atomic E-state index is 12.0. The molecule has 1 N–H and O–H groups in total. The predicted molar refractivity (Wildman–Crippen MR) is 99.9 cm³/mol. The molecule has 136 valence electrons. The minimum Gasteiger partial charge on any atom is -0.481 e. The second-order valence-electron chi connectivity index (χ2n) is 6.76. The molecule has 0 saturated carbocycles. The van der Waals surface area contributed by atoms with Crippen LogP contribution in [-0.2, 0) is 20.7 Å². The van der Waals surface area contributed by atoms with E-state index in [0.29, 0.717) is 0 Å². The Hall–Kier alpha value is -2.62. The molecule has 0 heterocycles. The highest BCUT2D eigenvalue weighted by atomic mass is 16.5. The molecular weight excluding hydrogens is 328 g/mol. The van der Waals surface area contributed by atoms with Gasteiger partial charge in [0.1, 0.15) is 6.10 Å². The number of unbranched alkanes of at least 4 members (excludes halogenated alkanes) is 1. The largest absolute Gasteiger partial charge is 0.481 e. The summed E-state index contributed by atoms with van der Waals surface area (Å²) >= 11 is 0. The third kappa shape index (κ3) is 4.13. The van der Waals surface area contributed by atoms with Crippen molar-refractivity contribution in [3.63, 3.8) is 0 Å². The van der Waals surface area contributed by atoms with Crippen LogP contribution in [0.4, 0.5) is 0 Å². The molecule has 4 nitrogen and oxygen atoms in total. The first-order valence-electron chi connectivity index (χ1n) is 9.21. The second kappa shape index (κ2) is 8.17. The summed E-state index contributed by atoms with van der Waals surface area (Å²) in [6.45, 7) is 2.10. The summed E-state index contributed by atoms with van der Waals surface area (Å²) in [6.07, 6.45) is 3.01. The van der Waals surface area contributed by atoms with E-state index in [9.17, 15) is 9.59 Å². The first-order chi connectivity index (χ1) is 12.6. The maximum absolute atomic E-state index is 12.0. The van der Waals surface area contributed by atoms with Crippen molar-refractivity contribution in [2.24, 2.45) is 0 Å². The number of ether oxygens (including phenoxy) is 1. The third-order valence-corrected chi connectivity index (χ3v) is 4.83. The lowest BCUT2D eigenvalue weighted by Gasteiger charge is -2.19. The van der Waals surface area contributed by atoms with E-state index < -0.39 is 11.9 Å². The van der Waals surface area contributed by atoms with Gasteiger partial charge in [-0.1, -0.05) is 55.8 Å². The predicted octanol–water partition coefficient (Wildman–Crippen LogP) is 4.90. The van der Waals surface area contributed by atoms with Crippen LogP contribution in [0, 0.1) is 0 Å². The molecule has 2 aromatic carbocycles. The molecule has 1 aliphatic rings. The van der Waals surface area contributed by atoms with E-state index in [-0.39, 0.29) is 18.9 Å². The molecule has 1 unspecified atom stereocenters. The number of benzene rings is 2. The number of carbonyl (C=O) groups excluding carboxylic acids is 1. The van der Waals surface area contributed by atoms with Gasteiger partial charge in [0.15, 0.2) is 0 Å². The van der Waals surface area contributed by atoms with Crippen LogP contribution in [0.3, 0.4) is 0 Å². The molecule has 2 aromatic rings. The van der Waals surface area contributed by atoms with Crippen molar-refractivity contribution in [2.75, 3.05) is 0 Å². The summed E-state index contributed by atoms with van der Waals surface area (Å²) < 4.78 is 5.62. The molecule has 0 fully saturated rings. The molecule has 1 atom stereocenters.